The zero-order valence-electron chi connectivity index (χ0n) is 26.3. The quantitative estimate of drug-likeness (QED) is 0.365. The summed E-state index contributed by atoms with van der Waals surface area (Å²) in [6.45, 7) is 24.5. The maximum atomic E-state index is 14.9. The molecule has 0 radical (unpaired) electrons. The fourth-order valence-corrected chi connectivity index (χ4v) is 8.11. The topological polar surface area (TPSA) is 90.4 Å². The Labute approximate surface area is 241 Å². The van der Waals surface area contributed by atoms with Crippen LogP contribution in [0.5, 0.6) is 0 Å². The highest BCUT2D eigenvalue weighted by Crippen LogP contribution is 2.65. The van der Waals surface area contributed by atoms with Gasteiger partial charge in [-0.25, -0.2) is 0 Å². The zero-order valence-corrected chi connectivity index (χ0v) is 26.3. The maximum Gasteiger partial charge on any atom is 0.249 e. The standard InChI is InChI=1S/C32H53N3O5/c1-12-17-33(11)26(37)23-24-27(38)35(22(19-36)21(4)5)25(32(24)16-15-31(23,14-3)40-32)28(39)34(18-13-2)30(9,10)20-29(6,7)8/h12-13,21-25,36H,1-2,14-20H2,3-11H3/t22-,23-,24-,25?,31+,32?/m0/s1. The van der Waals surface area contributed by atoms with Gasteiger partial charge in [-0.1, -0.05) is 53.7 Å². The van der Waals surface area contributed by atoms with Gasteiger partial charge in [0.05, 0.1) is 30.1 Å². The molecule has 0 aromatic carbocycles. The van der Waals surface area contributed by atoms with E-state index in [1.165, 1.54) is 0 Å². The lowest BCUT2D eigenvalue weighted by molar-refractivity contribution is -0.162. The molecule has 226 valence electrons. The Morgan fingerprint density at radius 3 is 2.20 bits per heavy atom. The minimum atomic E-state index is -1.14. The van der Waals surface area contributed by atoms with Crippen molar-refractivity contribution in [3.63, 3.8) is 0 Å². The van der Waals surface area contributed by atoms with Crippen LogP contribution in [0.25, 0.3) is 0 Å². The van der Waals surface area contributed by atoms with E-state index < -0.39 is 40.7 Å². The molecule has 3 amide bonds. The lowest BCUT2D eigenvalue weighted by atomic mass is 9.64. The molecule has 3 rings (SSSR count). The third-order valence-electron chi connectivity index (χ3n) is 9.48. The third kappa shape index (κ3) is 5.15. The van der Waals surface area contributed by atoms with Gasteiger partial charge in [-0.05, 0) is 50.9 Å². The zero-order chi connectivity index (χ0) is 30.4. The molecule has 3 aliphatic heterocycles. The first kappa shape index (κ1) is 32.3. The van der Waals surface area contributed by atoms with Gasteiger partial charge >= 0.3 is 0 Å². The van der Waals surface area contributed by atoms with Crippen molar-refractivity contribution < 1.29 is 24.2 Å². The van der Waals surface area contributed by atoms with Crippen molar-refractivity contribution in [2.75, 3.05) is 26.7 Å². The molecule has 40 heavy (non-hydrogen) atoms. The average molecular weight is 560 g/mol. The van der Waals surface area contributed by atoms with Gasteiger partial charge in [0.15, 0.2) is 0 Å². The van der Waals surface area contributed by atoms with Crippen molar-refractivity contribution in [1.29, 1.82) is 0 Å². The lowest BCUT2D eigenvalue weighted by Crippen LogP contribution is -2.63. The van der Waals surface area contributed by atoms with E-state index in [1.54, 1.807) is 29.0 Å². The molecule has 3 saturated heterocycles. The fraction of sp³-hybridized carbons (Fsp3) is 0.781. The number of carbonyl (C=O) groups is 3. The summed E-state index contributed by atoms with van der Waals surface area (Å²) in [7, 11) is 1.72. The van der Waals surface area contributed by atoms with Crippen LogP contribution in [0.1, 0.15) is 81.1 Å². The van der Waals surface area contributed by atoms with Crippen molar-refractivity contribution in [2.24, 2.45) is 23.2 Å². The first-order valence-electron chi connectivity index (χ1n) is 14.9. The number of likely N-dealkylation sites (tertiary alicyclic amines) is 1. The molecular formula is C32H53N3O5. The van der Waals surface area contributed by atoms with Gasteiger partial charge in [0.1, 0.15) is 11.6 Å². The molecule has 3 aliphatic rings. The number of rotatable bonds is 12. The number of fused-ring (bicyclic) bond motifs is 1. The molecule has 0 saturated carbocycles. The largest absolute Gasteiger partial charge is 0.394 e. The van der Waals surface area contributed by atoms with Gasteiger partial charge in [-0.15, -0.1) is 13.2 Å². The summed E-state index contributed by atoms with van der Waals surface area (Å²) in [6, 6.07) is -1.53. The van der Waals surface area contributed by atoms with Crippen LogP contribution in [0, 0.1) is 23.2 Å². The molecule has 1 N–H and O–H groups in total. The molecule has 1 spiro atoms. The summed E-state index contributed by atoms with van der Waals surface area (Å²) >= 11 is 0. The van der Waals surface area contributed by atoms with Gasteiger partial charge in [0.2, 0.25) is 17.7 Å². The van der Waals surface area contributed by atoms with E-state index in [4.69, 9.17) is 4.74 Å². The molecule has 3 heterocycles. The SMILES string of the molecule is C=CCN(C)C(=O)[C@@H]1[C@H]2C(=O)N([C@@H](CO)C(C)C)C(C(=O)N(CC=C)C(C)(C)CC(C)(C)C)C23CC[C@@]1(CC)O3. The van der Waals surface area contributed by atoms with Gasteiger partial charge < -0.3 is 24.5 Å². The Kier molecular flexibility index (Phi) is 9.08. The van der Waals surface area contributed by atoms with E-state index in [-0.39, 0.29) is 35.7 Å². The molecule has 0 aromatic rings. The Morgan fingerprint density at radius 2 is 1.73 bits per heavy atom. The Hall–Kier alpha value is -2.19. The summed E-state index contributed by atoms with van der Waals surface area (Å²) in [6.07, 6.45) is 5.80. The summed E-state index contributed by atoms with van der Waals surface area (Å²) < 4.78 is 6.94. The monoisotopic (exact) mass is 559 g/mol. The van der Waals surface area contributed by atoms with Crippen LogP contribution in [-0.4, -0.2) is 93.1 Å². The highest BCUT2D eigenvalue weighted by atomic mass is 16.5. The Bertz CT molecular complexity index is 1020. The highest BCUT2D eigenvalue weighted by molar-refractivity contribution is 5.99. The maximum absolute atomic E-state index is 14.9. The van der Waals surface area contributed by atoms with Crippen LogP contribution >= 0.6 is 0 Å². The number of amides is 3. The molecule has 8 heteroatoms. The number of aliphatic hydroxyl groups is 1. The normalized spacial score (nSPS) is 30.4. The van der Waals surface area contributed by atoms with Crippen molar-refractivity contribution in [3.8, 4) is 0 Å². The summed E-state index contributed by atoms with van der Waals surface area (Å²) in [4.78, 5) is 48.4. The van der Waals surface area contributed by atoms with Crippen molar-refractivity contribution in [1.82, 2.24) is 14.7 Å². The van der Waals surface area contributed by atoms with E-state index in [9.17, 15) is 19.5 Å². The molecule has 8 nitrogen and oxygen atoms in total. The molecule has 0 aliphatic carbocycles. The number of hydrogen-bond acceptors (Lipinski definition) is 5. The van der Waals surface area contributed by atoms with Crippen molar-refractivity contribution in [2.45, 2.75) is 110 Å². The lowest BCUT2D eigenvalue weighted by Gasteiger charge is -2.47. The number of likely N-dealkylation sites (N-methyl/N-ethyl adjacent to an activating group) is 1. The second kappa shape index (κ2) is 11.2. The van der Waals surface area contributed by atoms with Gasteiger partial charge in [0, 0.05) is 25.7 Å². The first-order chi connectivity index (χ1) is 18.5. The van der Waals surface area contributed by atoms with E-state index in [0.717, 1.165) is 6.42 Å². The van der Waals surface area contributed by atoms with Crippen molar-refractivity contribution in [3.05, 3.63) is 25.3 Å². The van der Waals surface area contributed by atoms with E-state index in [2.05, 4.69) is 47.8 Å². The number of aliphatic hydroxyl groups excluding tert-OH is 1. The van der Waals surface area contributed by atoms with Gasteiger partial charge in [-0.2, -0.15) is 0 Å². The Balaban J connectivity index is 2.23. The van der Waals surface area contributed by atoms with Gasteiger partial charge in [0.25, 0.3) is 0 Å². The molecular weight excluding hydrogens is 506 g/mol. The highest BCUT2D eigenvalue weighted by Gasteiger charge is 2.79. The second-order valence-corrected chi connectivity index (χ2v) is 14.4. The summed E-state index contributed by atoms with van der Waals surface area (Å²) in [5, 5.41) is 10.5. The molecule has 3 fully saturated rings. The average Bonchev–Trinajstić information content (AvgIpc) is 3.44. The first-order valence-corrected chi connectivity index (χ1v) is 14.9. The molecule has 2 bridgehead atoms. The molecule has 2 unspecified atom stereocenters. The number of ether oxygens (including phenoxy) is 1. The smallest absolute Gasteiger partial charge is 0.249 e. The minimum absolute atomic E-state index is 0.0530. The summed E-state index contributed by atoms with van der Waals surface area (Å²) in [5.41, 5.74) is -2.55. The van der Waals surface area contributed by atoms with Crippen molar-refractivity contribution >= 4 is 17.7 Å². The van der Waals surface area contributed by atoms with E-state index >= 15 is 0 Å². The summed E-state index contributed by atoms with van der Waals surface area (Å²) in [5.74, 6) is -2.23. The minimum Gasteiger partial charge on any atom is -0.394 e. The van der Waals surface area contributed by atoms with Crippen LogP contribution < -0.4 is 0 Å². The Morgan fingerprint density at radius 1 is 1.12 bits per heavy atom. The van der Waals surface area contributed by atoms with E-state index in [0.29, 0.717) is 32.4 Å². The van der Waals surface area contributed by atoms with Crippen LogP contribution in [0.15, 0.2) is 25.3 Å². The third-order valence-corrected chi connectivity index (χ3v) is 9.48. The molecule has 0 aromatic heterocycles. The predicted molar refractivity (Wildman–Crippen MR) is 157 cm³/mol. The second-order valence-electron chi connectivity index (χ2n) is 14.4. The van der Waals surface area contributed by atoms with Crippen LogP contribution in [0.2, 0.25) is 0 Å². The number of hydrogen-bond donors (Lipinski definition) is 1. The van der Waals surface area contributed by atoms with Gasteiger partial charge in [-0.3, -0.25) is 14.4 Å². The van der Waals surface area contributed by atoms with Crippen LogP contribution in [0.3, 0.4) is 0 Å². The fourth-order valence-electron chi connectivity index (χ4n) is 8.11. The van der Waals surface area contributed by atoms with Crippen LogP contribution in [-0.2, 0) is 19.1 Å². The number of carbonyl (C=O) groups excluding carboxylic acids is 3. The number of nitrogens with zero attached hydrogens (tertiary/aromatic N) is 3. The molecule has 6 atom stereocenters. The predicted octanol–water partition coefficient (Wildman–Crippen LogP) is 4.03. The van der Waals surface area contributed by atoms with E-state index in [1.807, 2.05) is 25.7 Å². The van der Waals surface area contributed by atoms with Crippen LogP contribution in [0.4, 0.5) is 0 Å².